The molecule has 0 radical (unpaired) electrons. The first-order chi connectivity index (χ1) is 8.04. The van der Waals surface area contributed by atoms with Crippen molar-refractivity contribution < 1.29 is 9.90 Å². The lowest BCUT2D eigenvalue weighted by Crippen LogP contribution is -2.25. The van der Waals surface area contributed by atoms with Crippen molar-refractivity contribution in [2.24, 2.45) is 0 Å². The summed E-state index contributed by atoms with van der Waals surface area (Å²) in [4.78, 5) is 13.2. The fraction of sp³-hybridized carbons (Fsp3) is 0.462. The molecule has 1 aromatic rings. The minimum absolute atomic E-state index is 0.328. The highest BCUT2D eigenvalue weighted by Gasteiger charge is 2.09. The molecule has 0 fully saturated rings. The van der Waals surface area contributed by atoms with E-state index in [1.54, 1.807) is 6.07 Å². The van der Waals surface area contributed by atoms with Crippen molar-refractivity contribution in [2.75, 3.05) is 32.0 Å². The maximum absolute atomic E-state index is 11.0. The van der Waals surface area contributed by atoms with Crippen LogP contribution in [-0.4, -0.2) is 42.7 Å². The van der Waals surface area contributed by atoms with Crippen LogP contribution in [0.5, 0.6) is 0 Å². The third kappa shape index (κ3) is 4.07. The maximum atomic E-state index is 11.0. The summed E-state index contributed by atoms with van der Waals surface area (Å²) in [7, 11) is 2.04. The number of carboxylic acid groups (broad SMARTS) is 1. The Balaban J connectivity index is 2.68. The van der Waals surface area contributed by atoms with Crippen LogP contribution in [0.4, 0.5) is 5.69 Å². The zero-order valence-corrected chi connectivity index (χ0v) is 10.7. The lowest BCUT2D eigenvalue weighted by atomic mass is 10.1. The van der Waals surface area contributed by atoms with Gasteiger partial charge >= 0.3 is 5.97 Å². The van der Waals surface area contributed by atoms with Crippen LogP contribution in [0.1, 0.15) is 22.8 Å². The van der Waals surface area contributed by atoms with Gasteiger partial charge < -0.3 is 15.3 Å². The molecule has 0 saturated carbocycles. The van der Waals surface area contributed by atoms with Gasteiger partial charge in [-0.1, -0.05) is 13.0 Å². The molecule has 0 aliphatic carbocycles. The highest BCUT2D eigenvalue weighted by atomic mass is 16.4. The van der Waals surface area contributed by atoms with Crippen molar-refractivity contribution in [1.29, 1.82) is 0 Å². The smallest absolute Gasteiger partial charge is 0.337 e. The van der Waals surface area contributed by atoms with E-state index < -0.39 is 5.97 Å². The SMILES string of the molecule is CCN(C)CCNc1cc(C)ccc1C(=O)O. The molecule has 1 rings (SSSR count). The number of hydrogen-bond donors (Lipinski definition) is 2. The predicted octanol–water partition coefficient (Wildman–Crippen LogP) is 2.06. The van der Waals surface area contributed by atoms with Crippen molar-refractivity contribution >= 4 is 11.7 Å². The van der Waals surface area contributed by atoms with Gasteiger partial charge in [-0.05, 0) is 38.2 Å². The Kier molecular flexibility index (Phi) is 4.97. The first-order valence-corrected chi connectivity index (χ1v) is 5.81. The second kappa shape index (κ2) is 6.25. The number of nitrogens with zero attached hydrogens (tertiary/aromatic N) is 1. The number of nitrogens with one attached hydrogen (secondary N) is 1. The lowest BCUT2D eigenvalue weighted by Gasteiger charge is -2.16. The van der Waals surface area contributed by atoms with E-state index in [-0.39, 0.29) is 0 Å². The molecule has 0 aromatic heterocycles. The summed E-state index contributed by atoms with van der Waals surface area (Å²) in [5.41, 5.74) is 2.08. The third-order valence-electron chi connectivity index (χ3n) is 2.75. The first kappa shape index (κ1) is 13.5. The molecule has 0 unspecified atom stereocenters. The Labute approximate surface area is 102 Å². The number of aromatic carboxylic acids is 1. The van der Waals surface area contributed by atoms with Crippen molar-refractivity contribution in [3.8, 4) is 0 Å². The van der Waals surface area contributed by atoms with E-state index in [0.29, 0.717) is 11.3 Å². The maximum Gasteiger partial charge on any atom is 0.337 e. The monoisotopic (exact) mass is 236 g/mol. The molecule has 0 heterocycles. The summed E-state index contributed by atoms with van der Waals surface area (Å²) in [5, 5.41) is 12.2. The first-order valence-electron chi connectivity index (χ1n) is 5.81. The molecule has 0 spiro atoms. The van der Waals surface area contributed by atoms with Crippen LogP contribution in [0.15, 0.2) is 18.2 Å². The van der Waals surface area contributed by atoms with Crippen LogP contribution >= 0.6 is 0 Å². The number of carboxylic acids is 1. The van der Waals surface area contributed by atoms with Crippen molar-refractivity contribution in [3.05, 3.63) is 29.3 Å². The zero-order valence-electron chi connectivity index (χ0n) is 10.7. The number of anilines is 1. The predicted molar refractivity (Wildman–Crippen MR) is 69.8 cm³/mol. The van der Waals surface area contributed by atoms with E-state index in [0.717, 1.165) is 25.2 Å². The van der Waals surface area contributed by atoms with Gasteiger partial charge in [0.25, 0.3) is 0 Å². The fourth-order valence-electron chi connectivity index (χ4n) is 1.53. The average Bonchev–Trinajstić information content (AvgIpc) is 2.28. The summed E-state index contributed by atoms with van der Waals surface area (Å²) < 4.78 is 0. The van der Waals surface area contributed by atoms with Gasteiger partial charge in [-0.2, -0.15) is 0 Å². The Morgan fingerprint density at radius 2 is 2.18 bits per heavy atom. The van der Waals surface area contributed by atoms with E-state index in [2.05, 4.69) is 17.1 Å². The number of aryl methyl sites for hydroxylation is 1. The standard InChI is InChI=1S/C13H20N2O2/c1-4-15(3)8-7-14-12-9-10(2)5-6-11(12)13(16)17/h5-6,9,14H,4,7-8H2,1-3H3,(H,16,17). The van der Waals surface area contributed by atoms with Gasteiger partial charge in [0.1, 0.15) is 0 Å². The van der Waals surface area contributed by atoms with E-state index in [4.69, 9.17) is 5.11 Å². The van der Waals surface area contributed by atoms with Gasteiger partial charge in [0.2, 0.25) is 0 Å². The molecule has 0 atom stereocenters. The highest BCUT2D eigenvalue weighted by molar-refractivity contribution is 5.94. The zero-order chi connectivity index (χ0) is 12.8. The molecule has 17 heavy (non-hydrogen) atoms. The quantitative estimate of drug-likeness (QED) is 0.793. The summed E-state index contributed by atoms with van der Waals surface area (Å²) in [6.07, 6.45) is 0. The Bertz CT molecular complexity index is 391. The summed E-state index contributed by atoms with van der Waals surface area (Å²) >= 11 is 0. The van der Waals surface area contributed by atoms with Gasteiger partial charge in [0.15, 0.2) is 0 Å². The summed E-state index contributed by atoms with van der Waals surface area (Å²) in [6, 6.07) is 5.33. The molecular formula is C13H20N2O2. The largest absolute Gasteiger partial charge is 0.478 e. The van der Waals surface area contributed by atoms with Crippen LogP contribution < -0.4 is 5.32 Å². The molecular weight excluding hydrogens is 216 g/mol. The van der Waals surface area contributed by atoms with Gasteiger partial charge in [-0.25, -0.2) is 4.79 Å². The third-order valence-corrected chi connectivity index (χ3v) is 2.75. The minimum atomic E-state index is -0.892. The van der Waals surface area contributed by atoms with Crippen LogP contribution in [0, 0.1) is 6.92 Å². The van der Waals surface area contributed by atoms with Crippen LogP contribution in [0.3, 0.4) is 0 Å². The second-order valence-corrected chi connectivity index (χ2v) is 4.18. The van der Waals surface area contributed by atoms with Crippen molar-refractivity contribution in [2.45, 2.75) is 13.8 Å². The fourth-order valence-corrected chi connectivity index (χ4v) is 1.53. The summed E-state index contributed by atoms with van der Waals surface area (Å²) in [5.74, 6) is -0.892. The van der Waals surface area contributed by atoms with Crippen molar-refractivity contribution in [3.63, 3.8) is 0 Å². The number of rotatable bonds is 6. The number of benzene rings is 1. The van der Waals surface area contributed by atoms with Gasteiger partial charge in [-0.3, -0.25) is 0 Å². The van der Waals surface area contributed by atoms with Gasteiger partial charge in [0, 0.05) is 18.8 Å². The number of hydrogen-bond acceptors (Lipinski definition) is 3. The summed E-state index contributed by atoms with van der Waals surface area (Å²) in [6.45, 7) is 6.67. The molecule has 0 amide bonds. The van der Waals surface area contributed by atoms with Crippen LogP contribution in [0.25, 0.3) is 0 Å². The van der Waals surface area contributed by atoms with Gasteiger partial charge in [-0.15, -0.1) is 0 Å². The Morgan fingerprint density at radius 3 is 2.76 bits per heavy atom. The van der Waals surface area contributed by atoms with Crippen LogP contribution in [-0.2, 0) is 0 Å². The Morgan fingerprint density at radius 1 is 1.47 bits per heavy atom. The normalized spacial score (nSPS) is 10.6. The molecule has 0 bridgehead atoms. The molecule has 94 valence electrons. The molecule has 2 N–H and O–H groups in total. The molecule has 4 heteroatoms. The van der Waals surface area contributed by atoms with E-state index >= 15 is 0 Å². The van der Waals surface area contributed by atoms with Crippen LogP contribution in [0.2, 0.25) is 0 Å². The average molecular weight is 236 g/mol. The lowest BCUT2D eigenvalue weighted by molar-refractivity contribution is 0.0698. The van der Waals surface area contributed by atoms with E-state index in [9.17, 15) is 4.79 Å². The molecule has 4 nitrogen and oxygen atoms in total. The van der Waals surface area contributed by atoms with Crippen molar-refractivity contribution in [1.82, 2.24) is 4.90 Å². The Hall–Kier alpha value is -1.55. The van der Waals surface area contributed by atoms with E-state index in [1.807, 2.05) is 26.1 Å². The molecule has 0 aliphatic heterocycles. The molecule has 0 saturated heterocycles. The number of carbonyl (C=O) groups is 1. The van der Waals surface area contributed by atoms with Gasteiger partial charge in [0.05, 0.1) is 5.56 Å². The highest BCUT2D eigenvalue weighted by Crippen LogP contribution is 2.17. The second-order valence-electron chi connectivity index (χ2n) is 4.18. The topological polar surface area (TPSA) is 52.6 Å². The minimum Gasteiger partial charge on any atom is -0.478 e. The number of likely N-dealkylation sites (N-methyl/N-ethyl adjacent to an activating group) is 1. The van der Waals surface area contributed by atoms with E-state index in [1.165, 1.54) is 0 Å². The molecule has 0 aliphatic rings. The molecule has 1 aromatic carbocycles.